The number of nitrogens with one attached hydrogen (secondary N) is 2. The Hall–Kier alpha value is -1.83. The van der Waals surface area contributed by atoms with Gasteiger partial charge in [0.25, 0.3) is 0 Å². The number of hydrogen-bond donors (Lipinski definition) is 4. The molecule has 0 heterocycles. The van der Waals surface area contributed by atoms with Crippen LogP contribution in [0.25, 0.3) is 10.4 Å². The highest BCUT2D eigenvalue weighted by Gasteiger charge is 2.18. The summed E-state index contributed by atoms with van der Waals surface area (Å²) in [5.74, 6) is 3.62. The Kier molecular flexibility index (Phi) is 9.28. The third kappa shape index (κ3) is 8.34. The third-order valence-electron chi connectivity index (χ3n) is 2.17. The number of carbonyl (C=O) groups excluding carboxylic acids is 1. The molecule has 0 aliphatic carbocycles. The van der Waals surface area contributed by atoms with E-state index in [9.17, 15) is 9.59 Å². The summed E-state index contributed by atoms with van der Waals surface area (Å²) in [4.78, 5) is 24.8. The second-order valence-electron chi connectivity index (χ2n) is 3.61. The van der Waals surface area contributed by atoms with Crippen molar-refractivity contribution in [2.75, 3.05) is 13.1 Å². The van der Waals surface area contributed by atoms with Crippen molar-refractivity contribution in [2.45, 2.75) is 31.7 Å². The van der Waals surface area contributed by atoms with Crippen LogP contribution in [0.2, 0.25) is 0 Å². The first-order valence-electron chi connectivity index (χ1n) is 5.58. The Labute approximate surface area is 104 Å². The number of hydrogen-bond acceptors (Lipinski definition) is 5. The lowest BCUT2D eigenvalue weighted by Gasteiger charge is -2.14. The lowest BCUT2D eigenvalue weighted by Crippen LogP contribution is -2.41. The van der Waals surface area contributed by atoms with Gasteiger partial charge in [-0.15, -0.1) is 0 Å². The van der Waals surface area contributed by atoms with E-state index in [-0.39, 0.29) is 18.9 Å². The summed E-state index contributed by atoms with van der Waals surface area (Å²) in [6, 6.07) is -0.912. The Morgan fingerprint density at radius 3 is 2.72 bits per heavy atom. The van der Waals surface area contributed by atoms with E-state index in [2.05, 4.69) is 20.8 Å². The summed E-state index contributed by atoms with van der Waals surface area (Å²) in [6.07, 6.45) is 1.39. The van der Waals surface area contributed by atoms with Gasteiger partial charge in [0, 0.05) is 24.4 Å². The average molecular weight is 258 g/mol. The predicted octanol–water partition coefficient (Wildman–Crippen LogP) is -0.110. The number of carboxylic acid groups (broad SMARTS) is 1. The van der Waals surface area contributed by atoms with Crippen LogP contribution in [-0.4, -0.2) is 36.1 Å². The molecule has 0 fully saturated rings. The molecule has 5 N–H and O–H groups in total. The molecule has 0 aliphatic rings. The van der Waals surface area contributed by atoms with E-state index in [0.29, 0.717) is 25.8 Å². The van der Waals surface area contributed by atoms with Gasteiger partial charge in [0.2, 0.25) is 5.91 Å². The standard InChI is InChI=1S/C9H18N6O3/c10-12-5-1-3-7(9(17)18)14-8(16)4-2-6-13-15-11/h7,12H,1-6,10H2,(H,14,16)(H,17,18)/t7-/m0/s1. The summed E-state index contributed by atoms with van der Waals surface area (Å²) in [5.41, 5.74) is 10.4. The van der Waals surface area contributed by atoms with Crippen LogP contribution in [0.5, 0.6) is 0 Å². The fourth-order valence-corrected chi connectivity index (χ4v) is 1.29. The van der Waals surface area contributed by atoms with Crippen LogP contribution in [0.4, 0.5) is 0 Å². The maximum absolute atomic E-state index is 11.4. The Morgan fingerprint density at radius 2 is 2.17 bits per heavy atom. The molecule has 102 valence electrons. The number of rotatable bonds is 10. The zero-order valence-corrected chi connectivity index (χ0v) is 10.0. The van der Waals surface area contributed by atoms with E-state index in [1.165, 1.54) is 0 Å². The zero-order chi connectivity index (χ0) is 13.8. The van der Waals surface area contributed by atoms with Crippen LogP contribution in [-0.2, 0) is 9.59 Å². The molecule has 0 bridgehead atoms. The Morgan fingerprint density at radius 1 is 1.44 bits per heavy atom. The van der Waals surface area contributed by atoms with Gasteiger partial charge in [-0.3, -0.25) is 16.1 Å². The summed E-state index contributed by atoms with van der Waals surface area (Å²) in [6.45, 7) is 0.704. The van der Waals surface area contributed by atoms with Crippen molar-refractivity contribution in [1.29, 1.82) is 0 Å². The highest BCUT2D eigenvalue weighted by atomic mass is 16.4. The first-order chi connectivity index (χ1) is 8.61. The van der Waals surface area contributed by atoms with E-state index < -0.39 is 12.0 Å². The van der Waals surface area contributed by atoms with Gasteiger partial charge in [0.15, 0.2) is 0 Å². The molecule has 0 aromatic heterocycles. The van der Waals surface area contributed by atoms with E-state index in [1.807, 2.05) is 0 Å². The van der Waals surface area contributed by atoms with E-state index in [4.69, 9.17) is 16.5 Å². The van der Waals surface area contributed by atoms with E-state index in [0.717, 1.165) is 0 Å². The molecule has 0 aromatic carbocycles. The number of aliphatic carboxylic acids is 1. The molecule has 18 heavy (non-hydrogen) atoms. The number of amides is 1. The topological polar surface area (TPSA) is 153 Å². The molecular formula is C9H18N6O3. The normalized spacial score (nSPS) is 11.4. The summed E-state index contributed by atoms with van der Waals surface area (Å²) in [5, 5.41) is 14.6. The second kappa shape index (κ2) is 10.3. The van der Waals surface area contributed by atoms with Crippen molar-refractivity contribution in [1.82, 2.24) is 10.7 Å². The summed E-state index contributed by atoms with van der Waals surface area (Å²) in [7, 11) is 0. The van der Waals surface area contributed by atoms with Crippen molar-refractivity contribution in [2.24, 2.45) is 11.0 Å². The maximum atomic E-state index is 11.4. The molecule has 0 saturated carbocycles. The van der Waals surface area contributed by atoms with Crippen molar-refractivity contribution < 1.29 is 14.7 Å². The number of carbonyl (C=O) groups is 2. The fraction of sp³-hybridized carbons (Fsp3) is 0.778. The summed E-state index contributed by atoms with van der Waals surface area (Å²) < 4.78 is 0. The SMILES string of the molecule is [N-]=[N+]=NCCCC(=O)N[C@@H](CCCNN)C(=O)O. The second-order valence-corrected chi connectivity index (χ2v) is 3.61. The molecule has 9 heteroatoms. The van der Waals surface area contributed by atoms with E-state index >= 15 is 0 Å². The van der Waals surface area contributed by atoms with Crippen molar-refractivity contribution in [3.8, 4) is 0 Å². The van der Waals surface area contributed by atoms with Gasteiger partial charge in [0.1, 0.15) is 6.04 Å². The minimum Gasteiger partial charge on any atom is -0.480 e. The van der Waals surface area contributed by atoms with Crippen LogP contribution in [0.1, 0.15) is 25.7 Å². The molecule has 1 atom stereocenters. The highest BCUT2D eigenvalue weighted by Crippen LogP contribution is 1.99. The minimum absolute atomic E-state index is 0.137. The minimum atomic E-state index is -1.07. The molecule has 0 unspecified atom stereocenters. The first-order valence-corrected chi connectivity index (χ1v) is 5.58. The van der Waals surface area contributed by atoms with Gasteiger partial charge in [0.05, 0.1) is 0 Å². The first kappa shape index (κ1) is 16.2. The van der Waals surface area contributed by atoms with Crippen LogP contribution in [0.15, 0.2) is 5.11 Å². The molecular weight excluding hydrogens is 240 g/mol. The number of nitrogens with zero attached hydrogens (tertiary/aromatic N) is 3. The Balaban J connectivity index is 3.95. The average Bonchev–Trinajstić information content (AvgIpc) is 2.33. The van der Waals surface area contributed by atoms with Crippen molar-refractivity contribution in [3.63, 3.8) is 0 Å². The highest BCUT2D eigenvalue weighted by molar-refractivity contribution is 5.83. The number of nitrogens with two attached hydrogens (primary N) is 1. The van der Waals surface area contributed by atoms with Gasteiger partial charge in [-0.1, -0.05) is 5.11 Å². The molecule has 0 aromatic rings. The smallest absolute Gasteiger partial charge is 0.326 e. The maximum Gasteiger partial charge on any atom is 0.326 e. The van der Waals surface area contributed by atoms with Crippen LogP contribution >= 0.6 is 0 Å². The van der Waals surface area contributed by atoms with Crippen molar-refractivity contribution in [3.05, 3.63) is 10.4 Å². The summed E-state index contributed by atoms with van der Waals surface area (Å²) >= 11 is 0. The van der Waals surface area contributed by atoms with Gasteiger partial charge in [-0.2, -0.15) is 0 Å². The fourth-order valence-electron chi connectivity index (χ4n) is 1.29. The van der Waals surface area contributed by atoms with Crippen LogP contribution < -0.4 is 16.6 Å². The number of azide groups is 1. The lowest BCUT2D eigenvalue weighted by molar-refractivity contribution is -0.142. The van der Waals surface area contributed by atoms with E-state index in [1.54, 1.807) is 0 Å². The molecule has 9 nitrogen and oxygen atoms in total. The van der Waals surface area contributed by atoms with Gasteiger partial charge in [-0.25, -0.2) is 4.79 Å². The van der Waals surface area contributed by atoms with Gasteiger partial charge in [-0.05, 0) is 24.8 Å². The quantitative estimate of drug-likeness (QED) is 0.107. The molecule has 0 rings (SSSR count). The number of carboxylic acids is 1. The molecule has 0 spiro atoms. The van der Waals surface area contributed by atoms with Gasteiger partial charge >= 0.3 is 5.97 Å². The molecule has 0 radical (unpaired) electrons. The van der Waals surface area contributed by atoms with Crippen LogP contribution in [0, 0.1) is 0 Å². The molecule has 1 amide bonds. The third-order valence-corrected chi connectivity index (χ3v) is 2.17. The lowest BCUT2D eigenvalue weighted by atomic mass is 10.1. The monoisotopic (exact) mass is 258 g/mol. The van der Waals surface area contributed by atoms with Gasteiger partial charge < -0.3 is 10.4 Å². The molecule has 0 aliphatic heterocycles. The van der Waals surface area contributed by atoms with Crippen LogP contribution in [0.3, 0.4) is 0 Å². The zero-order valence-electron chi connectivity index (χ0n) is 10.0. The molecule has 0 saturated heterocycles. The predicted molar refractivity (Wildman–Crippen MR) is 64.2 cm³/mol. The largest absolute Gasteiger partial charge is 0.480 e. The Bertz CT molecular complexity index is 315. The van der Waals surface area contributed by atoms with Crippen molar-refractivity contribution >= 4 is 11.9 Å². The number of hydrazine groups is 1.